The van der Waals surface area contributed by atoms with Crippen LogP contribution in [0.2, 0.25) is 0 Å². The largest absolute Gasteiger partial charge is 0.479 e. The van der Waals surface area contributed by atoms with Crippen molar-refractivity contribution in [3.63, 3.8) is 0 Å². The van der Waals surface area contributed by atoms with Gasteiger partial charge in [-0.25, -0.2) is 9.59 Å². The summed E-state index contributed by atoms with van der Waals surface area (Å²) in [5.41, 5.74) is 5.04. The molecule has 21 heavy (non-hydrogen) atoms. The van der Waals surface area contributed by atoms with Gasteiger partial charge in [-0.05, 0) is 29.9 Å². The number of carbonyl (C=O) groups excluding carboxylic acids is 2. The highest BCUT2D eigenvalue weighted by Gasteiger charge is 2.27. The minimum atomic E-state index is -1.16. The highest BCUT2D eigenvalue weighted by atomic mass is 32.2. The van der Waals surface area contributed by atoms with Crippen LogP contribution in [0.3, 0.4) is 0 Å². The molecular weight excluding hydrogens is 314 g/mol. The number of hydrogen-bond donors (Lipinski definition) is 4. The average Bonchev–Trinajstić information content (AvgIpc) is 2.93. The van der Waals surface area contributed by atoms with Crippen LogP contribution in [-0.4, -0.2) is 41.1 Å². The molecule has 0 aliphatic carbocycles. The van der Waals surface area contributed by atoms with E-state index in [1.165, 1.54) is 23.1 Å². The predicted molar refractivity (Wildman–Crippen MR) is 82.3 cm³/mol. The van der Waals surface area contributed by atoms with Gasteiger partial charge >= 0.3 is 12.0 Å². The van der Waals surface area contributed by atoms with Crippen molar-refractivity contribution in [2.75, 3.05) is 12.0 Å². The smallest absolute Gasteiger partial charge is 0.331 e. The molecule has 0 aromatic carbocycles. The Balaban J connectivity index is 2.77. The molecule has 0 bridgehead atoms. The molecule has 7 nitrogen and oxygen atoms in total. The number of urea groups is 1. The second-order valence-electron chi connectivity index (χ2n) is 4.14. The second kappa shape index (κ2) is 8.53. The van der Waals surface area contributed by atoms with Crippen LogP contribution in [0.5, 0.6) is 0 Å². The summed E-state index contributed by atoms with van der Waals surface area (Å²) in [7, 11) is 0. The van der Waals surface area contributed by atoms with Crippen molar-refractivity contribution in [3.8, 4) is 0 Å². The summed E-state index contributed by atoms with van der Waals surface area (Å²) in [6, 6.07) is 0.525. The van der Waals surface area contributed by atoms with Gasteiger partial charge in [-0.3, -0.25) is 4.79 Å². The topological polar surface area (TPSA) is 122 Å². The van der Waals surface area contributed by atoms with E-state index in [9.17, 15) is 19.5 Å². The first-order valence-electron chi connectivity index (χ1n) is 6.07. The maximum atomic E-state index is 12.1. The maximum absolute atomic E-state index is 12.1. The van der Waals surface area contributed by atoms with Gasteiger partial charge < -0.3 is 21.5 Å². The summed E-state index contributed by atoms with van der Waals surface area (Å²) in [5.74, 6) is -1.09. The molecule has 0 spiro atoms. The van der Waals surface area contributed by atoms with E-state index in [1.54, 1.807) is 17.5 Å². The van der Waals surface area contributed by atoms with Gasteiger partial charge in [0.25, 0.3) is 0 Å². The fourth-order valence-electron chi connectivity index (χ4n) is 1.63. The van der Waals surface area contributed by atoms with E-state index < -0.39 is 30.0 Å². The average molecular weight is 331 g/mol. The van der Waals surface area contributed by atoms with Crippen LogP contribution in [0.15, 0.2) is 17.5 Å². The van der Waals surface area contributed by atoms with Gasteiger partial charge in [-0.1, -0.05) is 6.07 Å². The zero-order valence-corrected chi connectivity index (χ0v) is 13.0. The van der Waals surface area contributed by atoms with E-state index in [0.717, 1.165) is 0 Å². The summed E-state index contributed by atoms with van der Waals surface area (Å²) < 4.78 is 0. The van der Waals surface area contributed by atoms with Crippen molar-refractivity contribution in [2.45, 2.75) is 18.5 Å². The van der Waals surface area contributed by atoms with E-state index in [4.69, 9.17) is 5.73 Å². The first kappa shape index (κ1) is 17.3. The van der Waals surface area contributed by atoms with Crippen molar-refractivity contribution < 1.29 is 19.5 Å². The molecule has 116 valence electrons. The normalized spacial score (nSPS) is 13.2. The fraction of sp³-hybridized carbons (Fsp3) is 0.417. The molecule has 0 aliphatic heterocycles. The number of hydrogen-bond acceptors (Lipinski definition) is 5. The molecule has 1 aromatic rings. The Kier molecular flexibility index (Phi) is 7.03. The number of thiophene rings is 1. The number of rotatable bonds is 8. The monoisotopic (exact) mass is 331 g/mol. The van der Waals surface area contributed by atoms with Gasteiger partial charge in [-0.2, -0.15) is 11.8 Å². The molecular formula is C12H17N3O4S2. The Morgan fingerprint density at radius 2 is 2.14 bits per heavy atom. The number of aliphatic carboxylic acids is 1. The Hall–Kier alpha value is -1.74. The van der Waals surface area contributed by atoms with E-state index in [-0.39, 0.29) is 0 Å². The van der Waals surface area contributed by atoms with Crippen LogP contribution in [0.4, 0.5) is 4.79 Å². The van der Waals surface area contributed by atoms with Crippen molar-refractivity contribution in [3.05, 3.63) is 22.4 Å². The SMILES string of the molecule is CSCCC(NC(N)=O)C(=O)NC(C(=O)O)c1cccs1. The highest BCUT2D eigenvalue weighted by molar-refractivity contribution is 7.98. The van der Waals surface area contributed by atoms with Crippen LogP contribution in [0.1, 0.15) is 17.3 Å². The van der Waals surface area contributed by atoms with Crippen molar-refractivity contribution >= 4 is 41.0 Å². The molecule has 0 fully saturated rings. The van der Waals surface area contributed by atoms with Crippen LogP contribution < -0.4 is 16.4 Å². The standard InChI is InChI=1S/C12H17N3O4S2/c1-20-6-4-7(14-12(13)19)10(16)15-9(11(17)18)8-3-2-5-21-8/h2-3,5,7,9H,4,6H2,1H3,(H,15,16)(H,17,18)(H3,13,14,19). The zero-order valence-electron chi connectivity index (χ0n) is 11.4. The first-order chi connectivity index (χ1) is 9.95. The Morgan fingerprint density at radius 3 is 2.62 bits per heavy atom. The number of carboxylic acid groups (broad SMARTS) is 1. The lowest BCUT2D eigenvalue weighted by atomic mass is 10.1. The van der Waals surface area contributed by atoms with Gasteiger partial charge in [0, 0.05) is 4.88 Å². The lowest BCUT2D eigenvalue weighted by Crippen LogP contribution is -2.50. The first-order valence-corrected chi connectivity index (χ1v) is 8.34. The number of primary amides is 1. The summed E-state index contributed by atoms with van der Waals surface area (Å²) >= 11 is 2.74. The van der Waals surface area contributed by atoms with Crippen LogP contribution in [-0.2, 0) is 9.59 Å². The molecule has 9 heteroatoms. The van der Waals surface area contributed by atoms with E-state index in [1.807, 2.05) is 6.26 Å². The van der Waals surface area contributed by atoms with Gasteiger partial charge in [-0.15, -0.1) is 11.3 Å². The van der Waals surface area contributed by atoms with Crippen LogP contribution >= 0.6 is 23.1 Å². The number of amides is 3. The molecule has 0 aliphatic rings. The molecule has 2 unspecified atom stereocenters. The lowest BCUT2D eigenvalue weighted by Gasteiger charge is -2.20. The number of carbonyl (C=O) groups is 3. The maximum Gasteiger partial charge on any atom is 0.331 e. The molecule has 5 N–H and O–H groups in total. The summed E-state index contributed by atoms with van der Waals surface area (Å²) in [4.78, 5) is 34.9. The molecule has 0 saturated heterocycles. The third kappa shape index (κ3) is 5.64. The van der Waals surface area contributed by atoms with E-state index >= 15 is 0 Å². The lowest BCUT2D eigenvalue weighted by molar-refractivity contribution is -0.142. The van der Waals surface area contributed by atoms with Gasteiger partial charge in [0.05, 0.1) is 0 Å². The number of nitrogens with one attached hydrogen (secondary N) is 2. The third-order valence-corrected chi connectivity index (χ3v) is 4.19. The van der Waals surface area contributed by atoms with Gasteiger partial charge in [0.1, 0.15) is 6.04 Å². The molecule has 3 amide bonds. The minimum absolute atomic E-state index is 0.368. The second-order valence-corrected chi connectivity index (χ2v) is 6.10. The summed E-state index contributed by atoms with van der Waals surface area (Å²) in [6.07, 6.45) is 2.23. The van der Waals surface area contributed by atoms with Crippen molar-refractivity contribution in [2.24, 2.45) is 5.73 Å². The number of thioether (sulfide) groups is 1. The van der Waals surface area contributed by atoms with Gasteiger partial charge in [0.2, 0.25) is 5.91 Å². The highest BCUT2D eigenvalue weighted by Crippen LogP contribution is 2.19. The van der Waals surface area contributed by atoms with E-state index in [0.29, 0.717) is 17.1 Å². The molecule has 0 saturated carbocycles. The quantitative estimate of drug-likeness (QED) is 0.561. The number of carboxylic acids is 1. The summed E-state index contributed by atoms with van der Waals surface area (Å²) in [6.45, 7) is 0. The van der Waals surface area contributed by atoms with E-state index in [2.05, 4.69) is 10.6 Å². The molecule has 2 atom stereocenters. The van der Waals surface area contributed by atoms with Gasteiger partial charge in [0.15, 0.2) is 6.04 Å². The Morgan fingerprint density at radius 1 is 1.43 bits per heavy atom. The fourth-order valence-corrected chi connectivity index (χ4v) is 2.87. The molecule has 0 radical (unpaired) electrons. The predicted octanol–water partition coefficient (Wildman–Crippen LogP) is 0.780. The third-order valence-electron chi connectivity index (χ3n) is 2.60. The Labute approximate surface area is 130 Å². The Bertz CT molecular complexity index is 493. The summed E-state index contributed by atoms with van der Waals surface area (Å²) in [5, 5.41) is 15.7. The van der Waals surface area contributed by atoms with Crippen LogP contribution in [0, 0.1) is 0 Å². The molecule has 1 heterocycles. The minimum Gasteiger partial charge on any atom is -0.479 e. The van der Waals surface area contributed by atoms with Crippen molar-refractivity contribution in [1.82, 2.24) is 10.6 Å². The van der Waals surface area contributed by atoms with Crippen molar-refractivity contribution in [1.29, 1.82) is 0 Å². The zero-order chi connectivity index (χ0) is 15.8. The number of nitrogens with two attached hydrogens (primary N) is 1. The molecule has 1 rings (SSSR count). The van der Waals surface area contributed by atoms with Crippen LogP contribution in [0.25, 0.3) is 0 Å². The molecule has 1 aromatic heterocycles.